The summed E-state index contributed by atoms with van der Waals surface area (Å²) in [7, 11) is 0. The molecule has 1 aromatic heterocycles. The number of aromatic nitrogens is 1. The normalized spacial score (nSPS) is 24.3. The van der Waals surface area contributed by atoms with Crippen molar-refractivity contribution in [3.63, 3.8) is 0 Å². The van der Waals surface area contributed by atoms with Gasteiger partial charge in [0, 0.05) is 18.4 Å². The Kier molecular flexibility index (Phi) is 0.904. The molecular weight excluding hydrogens is 112 g/mol. The van der Waals surface area contributed by atoms with Crippen molar-refractivity contribution in [1.82, 2.24) is 4.98 Å². The minimum Gasteiger partial charge on any atom is -0.367 e. The van der Waals surface area contributed by atoms with Crippen LogP contribution < -0.4 is 5.73 Å². The van der Waals surface area contributed by atoms with Crippen LogP contribution in [0.25, 0.3) is 0 Å². The molecule has 0 fully saturated rings. The second-order valence-electron chi connectivity index (χ2n) is 2.58. The molecule has 0 unspecified atom stereocenters. The molecule has 0 saturated heterocycles. The molecule has 1 heterocycles. The van der Waals surface area contributed by atoms with Crippen LogP contribution in [0.1, 0.15) is 23.6 Å². The largest absolute Gasteiger partial charge is 0.367 e. The number of aromatic amines is 1. The Morgan fingerprint density at radius 1 is 1.56 bits per heavy atom. The lowest BCUT2D eigenvalue weighted by Crippen LogP contribution is -2.03. The van der Waals surface area contributed by atoms with Gasteiger partial charge in [-0.2, -0.15) is 0 Å². The lowest BCUT2D eigenvalue weighted by Gasteiger charge is -1.97. The first-order chi connectivity index (χ1) is 4.38. The monoisotopic (exact) mass is 122 g/mol. The number of hydrogen-bond donors (Lipinski definition) is 2. The van der Waals surface area contributed by atoms with Crippen molar-refractivity contribution in [3.05, 3.63) is 23.5 Å². The molecule has 1 aromatic rings. The minimum atomic E-state index is 0.297. The van der Waals surface area contributed by atoms with Gasteiger partial charge in [-0.15, -0.1) is 0 Å². The third kappa shape index (κ3) is 0.598. The molecule has 0 bridgehead atoms. The quantitative estimate of drug-likeness (QED) is 0.528. The maximum absolute atomic E-state index is 5.77. The first kappa shape index (κ1) is 5.06. The van der Waals surface area contributed by atoms with E-state index < -0.39 is 0 Å². The van der Waals surface area contributed by atoms with Gasteiger partial charge in [-0.3, -0.25) is 0 Å². The molecule has 0 aliphatic heterocycles. The zero-order valence-corrected chi connectivity index (χ0v) is 5.22. The summed E-state index contributed by atoms with van der Waals surface area (Å²) in [5.74, 6) is 0. The summed E-state index contributed by atoms with van der Waals surface area (Å²) in [6.45, 7) is 0. The summed E-state index contributed by atoms with van der Waals surface area (Å²) in [4.78, 5) is 3.05. The minimum absolute atomic E-state index is 0.297. The second-order valence-corrected chi connectivity index (χ2v) is 2.58. The number of aryl methyl sites for hydroxylation is 1. The van der Waals surface area contributed by atoms with Gasteiger partial charge >= 0.3 is 0 Å². The maximum atomic E-state index is 5.77. The van der Waals surface area contributed by atoms with E-state index in [1.807, 2.05) is 12.4 Å². The molecule has 0 saturated carbocycles. The first-order valence-corrected chi connectivity index (χ1v) is 3.29. The SMILES string of the molecule is N[C@@H]1CCc2c[nH]cc21. The molecule has 48 valence electrons. The van der Waals surface area contributed by atoms with E-state index in [2.05, 4.69) is 4.98 Å². The molecule has 0 aromatic carbocycles. The van der Waals surface area contributed by atoms with Gasteiger partial charge in [0.05, 0.1) is 0 Å². The highest BCUT2D eigenvalue weighted by Crippen LogP contribution is 2.27. The molecule has 9 heavy (non-hydrogen) atoms. The number of rotatable bonds is 0. The van der Waals surface area contributed by atoms with Crippen molar-refractivity contribution in [2.75, 3.05) is 0 Å². The predicted octanol–water partition coefficient (Wildman–Crippen LogP) is 0.961. The summed E-state index contributed by atoms with van der Waals surface area (Å²) in [6.07, 6.45) is 6.33. The van der Waals surface area contributed by atoms with Gasteiger partial charge < -0.3 is 10.7 Å². The lowest BCUT2D eigenvalue weighted by atomic mass is 10.2. The van der Waals surface area contributed by atoms with Crippen molar-refractivity contribution in [2.45, 2.75) is 18.9 Å². The summed E-state index contributed by atoms with van der Waals surface area (Å²) >= 11 is 0. The van der Waals surface area contributed by atoms with Crippen LogP contribution in [0, 0.1) is 0 Å². The van der Waals surface area contributed by atoms with Gasteiger partial charge in [0.25, 0.3) is 0 Å². The molecule has 1 atom stereocenters. The topological polar surface area (TPSA) is 41.8 Å². The van der Waals surface area contributed by atoms with Crippen LogP contribution in [0.5, 0.6) is 0 Å². The molecule has 0 amide bonds. The second kappa shape index (κ2) is 1.61. The van der Waals surface area contributed by atoms with E-state index in [-0.39, 0.29) is 0 Å². The zero-order valence-electron chi connectivity index (χ0n) is 5.22. The van der Waals surface area contributed by atoms with Crippen LogP contribution in [-0.2, 0) is 6.42 Å². The zero-order chi connectivity index (χ0) is 6.27. The van der Waals surface area contributed by atoms with Gasteiger partial charge in [0.15, 0.2) is 0 Å². The summed E-state index contributed by atoms with van der Waals surface area (Å²) in [5, 5.41) is 0. The number of nitrogens with two attached hydrogens (primary N) is 1. The summed E-state index contributed by atoms with van der Waals surface area (Å²) in [6, 6.07) is 0.297. The Bertz CT molecular complexity index is 214. The van der Waals surface area contributed by atoms with Gasteiger partial charge in [-0.25, -0.2) is 0 Å². The van der Waals surface area contributed by atoms with Crippen molar-refractivity contribution in [3.8, 4) is 0 Å². The van der Waals surface area contributed by atoms with Crippen LogP contribution >= 0.6 is 0 Å². The Hall–Kier alpha value is -0.760. The van der Waals surface area contributed by atoms with Gasteiger partial charge in [-0.1, -0.05) is 0 Å². The Morgan fingerprint density at radius 3 is 3.22 bits per heavy atom. The average molecular weight is 122 g/mol. The highest BCUT2D eigenvalue weighted by molar-refractivity contribution is 5.30. The third-order valence-electron chi connectivity index (χ3n) is 1.99. The highest BCUT2D eigenvalue weighted by atomic mass is 14.7. The lowest BCUT2D eigenvalue weighted by molar-refractivity contribution is 0.709. The molecular formula is C7H10N2. The first-order valence-electron chi connectivity index (χ1n) is 3.29. The fourth-order valence-electron chi connectivity index (χ4n) is 1.44. The van der Waals surface area contributed by atoms with Crippen molar-refractivity contribution >= 4 is 0 Å². The number of nitrogens with one attached hydrogen (secondary N) is 1. The van der Waals surface area contributed by atoms with Crippen molar-refractivity contribution < 1.29 is 0 Å². The van der Waals surface area contributed by atoms with Crippen LogP contribution in [0.2, 0.25) is 0 Å². The van der Waals surface area contributed by atoms with Crippen molar-refractivity contribution in [1.29, 1.82) is 0 Å². The number of H-pyrrole nitrogens is 1. The fourth-order valence-corrected chi connectivity index (χ4v) is 1.44. The highest BCUT2D eigenvalue weighted by Gasteiger charge is 2.18. The standard InChI is InChI=1S/C7H10N2/c8-7-2-1-5-3-9-4-6(5)7/h3-4,7,9H,1-2,8H2/t7-/m1/s1. The predicted molar refractivity (Wildman–Crippen MR) is 36.0 cm³/mol. The van der Waals surface area contributed by atoms with Crippen LogP contribution in [-0.4, -0.2) is 4.98 Å². The molecule has 0 radical (unpaired) electrons. The van der Waals surface area contributed by atoms with E-state index >= 15 is 0 Å². The summed E-state index contributed by atoms with van der Waals surface area (Å²) in [5.41, 5.74) is 8.49. The van der Waals surface area contributed by atoms with Gasteiger partial charge in [0.2, 0.25) is 0 Å². The molecule has 3 N–H and O–H groups in total. The summed E-state index contributed by atoms with van der Waals surface area (Å²) < 4.78 is 0. The van der Waals surface area contributed by atoms with Gasteiger partial charge in [0.1, 0.15) is 0 Å². The van der Waals surface area contributed by atoms with E-state index in [4.69, 9.17) is 5.73 Å². The molecule has 1 aliphatic carbocycles. The molecule has 2 nitrogen and oxygen atoms in total. The maximum Gasteiger partial charge on any atom is 0.0315 e. The van der Waals surface area contributed by atoms with E-state index in [0.717, 1.165) is 12.8 Å². The Labute approximate surface area is 54.1 Å². The van der Waals surface area contributed by atoms with Crippen molar-refractivity contribution in [2.24, 2.45) is 5.73 Å². The van der Waals surface area contributed by atoms with E-state index in [1.54, 1.807) is 0 Å². The van der Waals surface area contributed by atoms with Crippen LogP contribution in [0.15, 0.2) is 12.4 Å². The Morgan fingerprint density at radius 2 is 2.44 bits per heavy atom. The fraction of sp³-hybridized carbons (Fsp3) is 0.429. The average Bonchev–Trinajstić information content (AvgIpc) is 2.35. The molecule has 2 heteroatoms. The molecule has 0 spiro atoms. The smallest absolute Gasteiger partial charge is 0.0315 e. The van der Waals surface area contributed by atoms with E-state index in [0.29, 0.717) is 6.04 Å². The van der Waals surface area contributed by atoms with E-state index in [9.17, 15) is 0 Å². The number of hydrogen-bond acceptors (Lipinski definition) is 1. The van der Waals surface area contributed by atoms with Crippen LogP contribution in [0.3, 0.4) is 0 Å². The van der Waals surface area contributed by atoms with Gasteiger partial charge in [-0.05, 0) is 24.0 Å². The van der Waals surface area contributed by atoms with Crippen LogP contribution in [0.4, 0.5) is 0 Å². The third-order valence-corrected chi connectivity index (χ3v) is 1.99. The molecule has 1 aliphatic rings. The molecule has 2 rings (SSSR count). The van der Waals surface area contributed by atoms with E-state index in [1.165, 1.54) is 11.1 Å². The Balaban J connectivity index is 2.49. The number of fused-ring (bicyclic) bond motifs is 1.